The molecule has 0 aliphatic carbocycles. The van der Waals surface area contributed by atoms with Crippen molar-refractivity contribution in [3.05, 3.63) is 11.7 Å². The molecule has 0 saturated heterocycles. The lowest BCUT2D eigenvalue weighted by Crippen LogP contribution is -2.26. The molecule has 12 heavy (non-hydrogen) atoms. The Bertz CT molecular complexity index is 110. The minimum absolute atomic E-state index is 0.114. The highest BCUT2D eigenvalue weighted by Gasteiger charge is 2.16. The van der Waals surface area contributed by atoms with Crippen LogP contribution in [0.25, 0.3) is 5.73 Å². The molecule has 0 heterocycles. The van der Waals surface area contributed by atoms with Gasteiger partial charge in [-0.1, -0.05) is 0 Å². The number of hydrogen-bond acceptors (Lipinski definition) is 1. The van der Waals surface area contributed by atoms with Crippen LogP contribution in [-0.4, -0.2) is 18.8 Å². The summed E-state index contributed by atoms with van der Waals surface area (Å²) in [6.45, 7) is 9.55. The van der Waals surface area contributed by atoms with Crippen molar-refractivity contribution in [2.75, 3.05) is 13.2 Å². The van der Waals surface area contributed by atoms with Gasteiger partial charge in [-0.3, -0.25) is 0 Å². The minimum atomic E-state index is -0.114. The molecule has 0 spiro atoms. The average Bonchev–Trinajstić information content (AvgIpc) is 1.85. The molecule has 2 heteroatoms. The topological polar surface area (TPSA) is 33.0 Å². The molecule has 0 radical (unpaired) electrons. The van der Waals surface area contributed by atoms with Crippen molar-refractivity contribution in [3.8, 4) is 0 Å². The maximum absolute atomic E-state index is 7.09. The van der Waals surface area contributed by atoms with Gasteiger partial charge in [-0.15, -0.1) is 6.54 Å². The lowest BCUT2D eigenvalue weighted by atomic mass is 10.1. The third-order valence-corrected chi connectivity index (χ3v) is 1.82. The van der Waals surface area contributed by atoms with E-state index in [-0.39, 0.29) is 5.60 Å². The summed E-state index contributed by atoms with van der Waals surface area (Å²) in [5.74, 6) is 1.40. The van der Waals surface area contributed by atoms with Crippen LogP contribution < -0.4 is 0 Å². The number of nitrogens with one attached hydrogen (secondary N) is 1. The van der Waals surface area contributed by atoms with Gasteiger partial charge < -0.3 is 10.5 Å². The Morgan fingerprint density at radius 3 is 2.33 bits per heavy atom. The van der Waals surface area contributed by atoms with Crippen LogP contribution in [0, 0.1) is 5.92 Å². The van der Waals surface area contributed by atoms with Gasteiger partial charge in [0, 0.05) is 0 Å². The molecule has 0 aromatic heterocycles. The molecule has 0 aliphatic rings. The third-order valence-electron chi connectivity index (χ3n) is 1.82. The summed E-state index contributed by atoms with van der Waals surface area (Å²) in [6.07, 6.45) is 1.84. The van der Waals surface area contributed by atoms with Gasteiger partial charge in [-0.25, -0.2) is 0 Å². The molecule has 0 atom stereocenters. The van der Waals surface area contributed by atoms with E-state index in [1.807, 2.05) is 13.8 Å². The van der Waals surface area contributed by atoms with Crippen LogP contribution in [0.2, 0.25) is 0 Å². The van der Waals surface area contributed by atoms with E-state index in [4.69, 9.17) is 10.5 Å². The molecule has 0 unspecified atom stereocenters. The zero-order chi connectivity index (χ0) is 9.61. The van der Waals surface area contributed by atoms with Crippen molar-refractivity contribution < 1.29 is 4.74 Å². The second-order valence-electron chi connectivity index (χ2n) is 4.07. The fourth-order valence-electron chi connectivity index (χ4n) is 0.905. The molecular formula is C10H21NO. The van der Waals surface area contributed by atoms with Crippen LogP contribution in [0.15, 0.2) is 0 Å². The van der Waals surface area contributed by atoms with Crippen LogP contribution in [0.1, 0.15) is 40.5 Å². The predicted molar refractivity (Wildman–Crippen MR) is 53.0 cm³/mol. The second-order valence-corrected chi connectivity index (χ2v) is 4.07. The van der Waals surface area contributed by atoms with E-state index in [0.29, 0.717) is 6.54 Å². The second kappa shape index (κ2) is 5.44. The molecular weight excluding hydrogens is 150 g/mol. The van der Waals surface area contributed by atoms with Crippen molar-refractivity contribution in [2.45, 2.75) is 46.1 Å². The van der Waals surface area contributed by atoms with E-state index in [1.54, 1.807) is 0 Å². The summed E-state index contributed by atoms with van der Waals surface area (Å²) >= 11 is 0. The van der Waals surface area contributed by atoms with Crippen molar-refractivity contribution in [1.82, 2.24) is 0 Å². The number of hydrogen-bond donors (Lipinski definition) is 0. The summed E-state index contributed by atoms with van der Waals surface area (Å²) in [7, 11) is 0. The molecule has 0 aliphatic heterocycles. The fraction of sp³-hybridized carbons (Fsp3) is 0.900. The molecule has 0 aromatic rings. The van der Waals surface area contributed by atoms with Gasteiger partial charge in [-0.05, 0) is 20.3 Å². The van der Waals surface area contributed by atoms with E-state index in [2.05, 4.69) is 13.8 Å². The maximum Gasteiger partial charge on any atom is 0.113 e. The van der Waals surface area contributed by atoms with Crippen molar-refractivity contribution in [1.29, 1.82) is 0 Å². The predicted octanol–water partition coefficient (Wildman–Crippen LogP) is 3.23. The standard InChI is InChI=1S/C10H21NO/c1-9(2)5-8-12-10(3,4)6-7-11/h11H,5-8H2,1-4H3. The highest BCUT2D eigenvalue weighted by molar-refractivity contribution is 4.78. The zero-order valence-corrected chi connectivity index (χ0v) is 8.74. The van der Waals surface area contributed by atoms with Gasteiger partial charge >= 0.3 is 0 Å². The van der Waals surface area contributed by atoms with Crippen LogP contribution in [-0.2, 0) is 4.74 Å². The van der Waals surface area contributed by atoms with Crippen LogP contribution >= 0.6 is 0 Å². The highest BCUT2D eigenvalue weighted by atomic mass is 16.5. The third kappa shape index (κ3) is 6.50. The molecule has 0 saturated carbocycles. The zero-order valence-electron chi connectivity index (χ0n) is 8.74. The highest BCUT2D eigenvalue weighted by Crippen LogP contribution is 2.15. The molecule has 0 amide bonds. The minimum Gasteiger partial charge on any atom is -0.677 e. The Balaban J connectivity index is 3.46. The van der Waals surface area contributed by atoms with E-state index in [9.17, 15) is 0 Å². The first-order valence-corrected chi connectivity index (χ1v) is 4.55. The molecule has 0 fully saturated rings. The Labute approximate surface area is 76.5 Å². The Morgan fingerprint density at radius 1 is 1.33 bits per heavy atom. The van der Waals surface area contributed by atoms with Crippen molar-refractivity contribution >= 4 is 0 Å². The first-order chi connectivity index (χ1) is 5.48. The monoisotopic (exact) mass is 171 g/mol. The van der Waals surface area contributed by atoms with Crippen LogP contribution in [0.3, 0.4) is 0 Å². The van der Waals surface area contributed by atoms with Crippen molar-refractivity contribution in [3.63, 3.8) is 0 Å². The molecule has 1 N–H and O–H groups in total. The normalized spacial score (nSPS) is 11.8. The van der Waals surface area contributed by atoms with Gasteiger partial charge in [0.05, 0.1) is 32.0 Å². The smallest absolute Gasteiger partial charge is 0.113 e. The molecule has 0 bridgehead atoms. The van der Waals surface area contributed by atoms with Gasteiger partial charge in [0.15, 0.2) is 0 Å². The van der Waals surface area contributed by atoms with Gasteiger partial charge in [0.2, 0.25) is 0 Å². The number of rotatable bonds is 6. The Kier molecular flexibility index (Phi) is 5.34. The van der Waals surface area contributed by atoms with E-state index in [1.165, 1.54) is 5.92 Å². The lowest BCUT2D eigenvalue weighted by Gasteiger charge is -2.25. The maximum atomic E-state index is 7.09. The van der Waals surface area contributed by atoms with Gasteiger partial charge in [0.1, 0.15) is 6.42 Å². The molecule has 2 nitrogen and oxygen atoms in total. The average molecular weight is 171 g/mol. The lowest BCUT2D eigenvalue weighted by molar-refractivity contribution is -0.0200. The van der Waals surface area contributed by atoms with E-state index >= 15 is 0 Å². The quantitative estimate of drug-likeness (QED) is 0.565. The summed E-state index contributed by atoms with van der Waals surface area (Å²) < 4.78 is 5.64. The SMILES string of the molecule is C[C+](C)CCOC(C)(C)CC[NH-]. The molecule has 0 rings (SSSR count). The van der Waals surface area contributed by atoms with Crippen LogP contribution in [0.5, 0.6) is 0 Å². The van der Waals surface area contributed by atoms with E-state index < -0.39 is 0 Å². The Hall–Kier alpha value is -0.210. The van der Waals surface area contributed by atoms with Gasteiger partial charge in [-0.2, -0.15) is 0 Å². The van der Waals surface area contributed by atoms with Crippen LogP contribution in [0.4, 0.5) is 0 Å². The van der Waals surface area contributed by atoms with Crippen molar-refractivity contribution in [2.24, 2.45) is 0 Å². The van der Waals surface area contributed by atoms with Gasteiger partial charge in [0.25, 0.3) is 0 Å². The molecule has 0 aromatic carbocycles. The Morgan fingerprint density at radius 2 is 1.92 bits per heavy atom. The fourth-order valence-corrected chi connectivity index (χ4v) is 0.905. The largest absolute Gasteiger partial charge is 0.677 e. The molecule has 72 valence electrons. The first-order valence-electron chi connectivity index (χ1n) is 4.55. The summed E-state index contributed by atoms with van der Waals surface area (Å²) in [5, 5.41) is 0. The summed E-state index contributed by atoms with van der Waals surface area (Å²) in [4.78, 5) is 0. The summed E-state index contributed by atoms with van der Waals surface area (Å²) in [6, 6.07) is 0. The first kappa shape index (κ1) is 11.8. The van der Waals surface area contributed by atoms with E-state index in [0.717, 1.165) is 19.4 Å². The number of ether oxygens (including phenoxy) is 1. The summed E-state index contributed by atoms with van der Waals surface area (Å²) in [5.41, 5.74) is 6.98.